The zero-order valence-electron chi connectivity index (χ0n) is 17.4. The van der Waals surface area contributed by atoms with Crippen molar-refractivity contribution in [2.75, 3.05) is 19.0 Å². The van der Waals surface area contributed by atoms with Gasteiger partial charge in [-0.3, -0.25) is 10.1 Å². The predicted molar refractivity (Wildman–Crippen MR) is 128 cm³/mol. The van der Waals surface area contributed by atoms with Gasteiger partial charge in [-0.2, -0.15) is 16.4 Å². The lowest BCUT2D eigenvalue weighted by Crippen LogP contribution is -2.08. The maximum absolute atomic E-state index is 4.86. The maximum Gasteiger partial charge on any atom is 0.161 e. The van der Waals surface area contributed by atoms with Gasteiger partial charge in [0.15, 0.2) is 17.1 Å². The monoisotopic (exact) mass is 438 g/mol. The molecule has 0 atom stereocenters. The van der Waals surface area contributed by atoms with Crippen LogP contribution in [0.15, 0.2) is 59.8 Å². The Bertz CT molecular complexity index is 1560. The van der Waals surface area contributed by atoms with E-state index in [0.717, 1.165) is 44.5 Å². The Kier molecular flexibility index (Phi) is 4.22. The standard InChI is InChI=1S/C23H18N8S/c1-31(2)16-7-14(9-24-11-16)15-8-18-20(29-30-21(18)26-10-15)23-27-19-17(13-4-6-32-12-13)3-5-25-22(19)28-23/h3-12H,1-2H3,(H,25,27,28)(H,26,29,30). The third-order valence-corrected chi connectivity index (χ3v) is 6.11. The molecule has 156 valence electrons. The van der Waals surface area contributed by atoms with E-state index < -0.39 is 0 Å². The summed E-state index contributed by atoms with van der Waals surface area (Å²) >= 11 is 1.66. The van der Waals surface area contributed by atoms with Crippen LogP contribution in [0.5, 0.6) is 0 Å². The SMILES string of the molecule is CN(C)c1cncc(-c2cnc3[nH]nc(-c4nc5c(-c6ccsc6)ccnc5[nH]4)c3c2)c1. The number of aromatic amines is 2. The molecule has 0 unspecified atom stereocenters. The van der Waals surface area contributed by atoms with Crippen LogP contribution in [0.4, 0.5) is 5.69 Å². The molecule has 6 aromatic heterocycles. The molecule has 0 aliphatic rings. The van der Waals surface area contributed by atoms with Crippen LogP contribution in [-0.2, 0) is 0 Å². The zero-order chi connectivity index (χ0) is 21.7. The molecule has 2 N–H and O–H groups in total. The Morgan fingerprint density at radius 1 is 0.938 bits per heavy atom. The van der Waals surface area contributed by atoms with Crippen LogP contribution in [0, 0.1) is 0 Å². The topological polar surface area (TPSA) is 99.3 Å². The number of hydrogen-bond donors (Lipinski definition) is 2. The van der Waals surface area contributed by atoms with E-state index in [1.807, 2.05) is 43.7 Å². The van der Waals surface area contributed by atoms with Gasteiger partial charge in [0.2, 0.25) is 0 Å². The van der Waals surface area contributed by atoms with Gasteiger partial charge in [0.1, 0.15) is 11.2 Å². The number of imidazole rings is 1. The van der Waals surface area contributed by atoms with Crippen molar-refractivity contribution in [3.63, 3.8) is 0 Å². The molecule has 0 bridgehead atoms. The highest BCUT2D eigenvalue weighted by molar-refractivity contribution is 7.08. The van der Waals surface area contributed by atoms with Crippen molar-refractivity contribution in [3.8, 4) is 33.8 Å². The van der Waals surface area contributed by atoms with Crippen molar-refractivity contribution in [1.29, 1.82) is 0 Å². The van der Waals surface area contributed by atoms with Crippen LogP contribution >= 0.6 is 11.3 Å². The van der Waals surface area contributed by atoms with Crippen LogP contribution < -0.4 is 4.90 Å². The summed E-state index contributed by atoms with van der Waals surface area (Å²) in [5, 5.41) is 12.6. The fourth-order valence-corrected chi connectivity index (χ4v) is 4.40. The number of H-pyrrole nitrogens is 2. The van der Waals surface area contributed by atoms with E-state index in [1.165, 1.54) is 0 Å². The first-order chi connectivity index (χ1) is 15.7. The normalized spacial score (nSPS) is 11.4. The third kappa shape index (κ3) is 3.02. The van der Waals surface area contributed by atoms with Gasteiger partial charge in [0.05, 0.1) is 17.3 Å². The smallest absolute Gasteiger partial charge is 0.161 e. The number of nitrogens with one attached hydrogen (secondary N) is 2. The second-order valence-electron chi connectivity index (χ2n) is 7.67. The number of nitrogens with zero attached hydrogens (tertiary/aromatic N) is 6. The van der Waals surface area contributed by atoms with Gasteiger partial charge in [-0.1, -0.05) is 0 Å². The lowest BCUT2D eigenvalue weighted by Gasteiger charge is -2.12. The summed E-state index contributed by atoms with van der Waals surface area (Å²) in [5.41, 5.74) is 8.12. The average molecular weight is 439 g/mol. The van der Waals surface area contributed by atoms with Gasteiger partial charge in [-0.15, -0.1) is 0 Å². The number of fused-ring (bicyclic) bond motifs is 2. The molecule has 6 aromatic rings. The van der Waals surface area contributed by atoms with E-state index >= 15 is 0 Å². The number of anilines is 1. The van der Waals surface area contributed by atoms with E-state index in [9.17, 15) is 0 Å². The molecule has 0 aliphatic heterocycles. The highest BCUT2D eigenvalue weighted by atomic mass is 32.1. The fraction of sp³-hybridized carbons (Fsp3) is 0.0870. The highest BCUT2D eigenvalue weighted by Gasteiger charge is 2.17. The molecule has 0 saturated carbocycles. The molecule has 0 amide bonds. The lowest BCUT2D eigenvalue weighted by molar-refractivity contribution is 1.09. The summed E-state index contributed by atoms with van der Waals surface area (Å²) in [6.07, 6.45) is 7.30. The van der Waals surface area contributed by atoms with E-state index in [4.69, 9.17) is 4.98 Å². The maximum atomic E-state index is 4.86. The van der Waals surface area contributed by atoms with Gasteiger partial charge in [-0.25, -0.2) is 15.0 Å². The highest BCUT2D eigenvalue weighted by Crippen LogP contribution is 2.32. The van der Waals surface area contributed by atoms with Crippen molar-refractivity contribution in [2.45, 2.75) is 0 Å². The number of aromatic nitrogens is 7. The number of thiophene rings is 1. The molecular formula is C23H18N8S. The molecule has 32 heavy (non-hydrogen) atoms. The minimum absolute atomic E-state index is 0.653. The largest absolute Gasteiger partial charge is 0.376 e. The van der Waals surface area contributed by atoms with Crippen molar-refractivity contribution in [1.82, 2.24) is 35.1 Å². The Labute approximate surface area is 187 Å². The van der Waals surface area contributed by atoms with Crippen molar-refractivity contribution in [2.24, 2.45) is 0 Å². The molecule has 0 fully saturated rings. The van der Waals surface area contributed by atoms with E-state index in [1.54, 1.807) is 17.5 Å². The molecule has 6 heterocycles. The molecule has 0 aliphatic carbocycles. The number of hydrogen-bond acceptors (Lipinski definition) is 7. The first-order valence-corrected chi connectivity index (χ1v) is 11.0. The molecule has 9 heteroatoms. The van der Waals surface area contributed by atoms with Crippen molar-refractivity contribution >= 4 is 39.2 Å². The summed E-state index contributed by atoms with van der Waals surface area (Å²) in [5.74, 6) is 0.653. The van der Waals surface area contributed by atoms with Crippen molar-refractivity contribution in [3.05, 3.63) is 59.8 Å². The quantitative estimate of drug-likeness (QED) is 0.412. The summed E-state index contributed by atoms with van der Waals surface area (Å²) in [6.45, 7) is 0. The minimum atomic E-state index is 0.653. The minimum Gasteiger partial charge on any atom is -0.376 e. The van der Waals surface area contributed by atoms with Crippen LogP contribution in [-0.4, -0.2) is 49.2 Å². The van der Waals surface area contributed by atoms with Crippen molar-refractivity contribution < 1.29 is 0 Å². The first-order valence-electron chi connectivity index (χ1n) is 10.0. The molecule has 0 saturated heterocycles. The second kappa shape index (κ2) is 7.24. The van der Waals surface area contributed by atoms with Crippen LogP contribution in [0.1, 0.15) is 0 Å². The average Bonchev–Trinajstić information content (AvgIpc) is 3.57. The van der Waals surface area contributed by atoms with Crippen LogP contribution in [0.25, 0.3) is 56.0 Å². The first kappa shape index (κ1) is 18.6. The molecular weight excluding hydrogens is 420 g/mol. The Hall–Kier alpha value is -4.11. The lowest BCUT2D eigenvalue weighted by atomic mass is 10.1. The predicted octanol–water partition coefficient (Wildman–Crippen LogP) is 4.75. The fourth-order valence-electron chi connectivity index (χ4n) is 3.75. The van der Waals surface area contributed by atoms with Crippen LogP contribution in [0.3, 0.4) is 0 Å². The molecule has 0 spiro atoms. The van der Waals surface area contributed by atoms with Gasteiger partial charge in [0.25, 0.3) is 0 Å². The van der Waals surface area contributed by atoms with E-state index in [-0.39, 0.29) is 0 Å². The number of rotatable bonds is 4. The summed E-state index contributed by atoms with van der Waals surface area (Å²) in [7, 11) is 3.99. The van der Waals surface area contributed by atoms with E-state index in [0.29, 0.717) is 17.2 Å². The van der Waals surface area contributed by atoms with Gasteiger partial charge in [-0.05, 0) is 40.6 Å². The molecule has 0 aromatic carbocycles. The molecule has 0 radical (unpaired) electrons. The second-order valence-corrected chi connectivity index (χ2v) is 8.45. The summed E-state index contributed by atoms with van der Waals surface area (Å²) in [4.78, 5) is 23.6. The Morgan fingerprint density at radius 2 is 1.84 bits per heavy atom. The van der Waals surface area contributed by atoms with Gasteiger partial charge in [0, 0.05) is 49.4 Å². The third-order valence-electron chi connectivity index (χ3n) is 5.43. The summed E-state index contributed by atoms with van der Waals surface area (Å²) in [6, 6.07) is 8.23. The van der Waals surface area contributed by atoms with E-state index in [2.05, 4.69) is 59.1 Å². The zero-order valence-corrected chi connectivity index (χ0v) is 18.2. The molecule has 8 nitrogen and oxygen atoms in total. The van der Waals surface area contributed by atoms with Gasteiger partial charge >= 0.3 is 0 Å². The molecule has 6 rings (SSSR count). The van der Waals surface area contributed by atoms with Gasteiger partial charge < -0.3 is 9.88 Å². The Balaban J connectivity index is 1.49. The van der Waals surface area contributed by atoms with Crippen LogP contribution in [0.2, 0.25) is 0 Å². The number of pyridine rings is 3. The summed E-state index contributed by atoms with van der Waals surface area (Å²) < 4.78 is 0. The Morgan fingerprint density at radius 3 is 2.69 bits per heavy atom.